The Bertz CT molecular complexity index is 665. The number of aromatic nitrogens is 2. The molecule has 2 aromatic rings. The number of carbonyl (C=O) groups is 1. The van der Waals surface area contributed by atoms with Crippen molar-refractivity contribution < 1.29 is 4.79 Å². The lowest BCUT2D eigenvalue weighted by atomic mass is 9.87. The average molecular weight is 285 g/mol. The Balaban J connectivity index is 2.34. The lowest BCUT2D eigenvalue weighted by molar-refractivity contribution is 0.0992. The molecule has 112 valence electrons. The summed E-state index contributed by atoms with van der Waals surface area (Å²) in [5, 5.41) is 4.23. The van der Waals surface area contributed by atoms with Crippen LogP contribution in [0.15, 0.2) is 30.5 Å². The average Bonchev–Trinajstić information content (AvgIpc) is 2.75. The molecular weight excluding hydrogens is 262 g/mol. The summed E-state index contributed by atoms with van der Waals surface area (Å²) < 4.78 is 1.67. The van der Waals surface area contributed by atoms with Gasteiger partial charge in [-0.05, 0) is 30.0 Å². The number of carbonyl (C=O) groups excluding carboxylic acids is 1. The van der Waals surface area contributed by atoms with Gasteiger partial charge in [0.1, 0.15) is 0 Å². The highest BCUT2D eigenvalue weighted by Gasteiger charge is 2.20. The number of amides is 1. The monoisotopic (exact) mass is 285 g/mol. The third-order valence-corrected chi connectivity index (χ3v) is 3.65. The van der Waals surface area contributed by atoms with E-state index >= 15 is 0 Å². The van der Waals surface area contributed by atoms with Gasteiger partial charge in [-0.3, -0.25) is 9.48 Å². The molecule has 1 amide bonds. The number of hydrogen-bond acceptors (Lipinski definition) is 2. The molecular formula is C17H23N3O. The van der Waals surface area contributed by atoms with Gasteiger partial charge in [-0.2, -0.15) is 5.10 Å². The lowest BCUT2D eigenvalue weighted by Gasteiger charge is -2.23. The van der Waals surface area contributed by atoms with Crippen molar-refractivity contribution in [2.75, 3.05) is 11.9 Å². The fourth-order valence-corrected chi connectivity index (χ4v) is 2.29. The van der Waals surface area contributed by atoms with E-state index in [2.05, 4.69) is 38.0 Å². The minimum Gasteiger partial charge on any atom is -0.311 e. The Labute approximate surface area is 126 Å². The van der Waals surface area contributed by atoms with Gasteiger partial charge in [-0.15, -0.1) is 0 Å². The molecule has 0 fully saturated rings. The van der Waals surface area contributed by atoms with E-state index in [1.165, 1.54) is 5.56 Å². The molecule has 2 rings (SSSR count). The quantitative estimate of drug-likeness (QED) is 0.849. The summed E-state index contributed by atoms with van der Waals surface area (Å²) >= 11 is 0. The molecule has 0 atom stereocenters. The number of aryl methyl sites for hydroxylation is 2. The molecule has 0 spiro atoms. The number of rotatable bonds is 2. The van der Waals surface area contributed by atoms with Gasteiger partial charge in [-0.25, -0.2) is 0 Å². The number of hydrogen-bond donors (Lipinski definition) is 0. The van der Waals surface area contributed by atoms with E-state index in [9.17, 15) is 4.79 Å². The molecule has 1 aromatic heterocycles. The number of nitrogens with zero attached hydrogens (tertiary/aromatic N) is 3. The Hall–Kier alpha value is -2.10. The first-order valence-electron chi connectivity index (χ1n) is 7.09. The second kappa shape index (κ2) is 5.35. The highest BCUT2D eigenvalue weighted by atomic mass is 16.2. The van der Waals surface area contributed by atoms with Crippen molar-refractivity contribution in [3.05, 3.63) is 47.3 Å². The Morgan fingerprint density at radius 3 is 2.48 bits per heavy atom. The van der Waals surface area contributed by atoms with E-state index < -0.39 is 0 Å². The summed E-state index contributed by atoms with van der Waals surface area (Å²) in [4.78, 5) is 14.3. The van der Waals surface area contributed by atoms with Gasteiger partial charge in [0.05, 0.1) is 11.3 Å². The second-order valence-electron chi connectivity index (χ2n) is 6.47. The van der Waals surface area contributed by atoms with Crippen molar-refractivity contribution in [3.8, 4) is 0 Å². The summed E-state index contributed by atoms with van der Waals surface area (Å²) in [5.74, 6) is -0.0355. The van der Waals surface area contributed by atoms with Crippen LogP contribution >= 0.6 is 0 Å². The number of benzene rings is 1. The fraction of sp³-hybridized carbons (Fsp3) is 0.412. The van der Waals surface area contributed by atoms with Crippen molar-refractivity contribution in [2.24, 2.45) is 7.05 Å². The summed E-state index contributed by atoms with van der Waals surface area (Å²) in [7, 11) is 3.63. The third-order valence-electron chi connectivity index (χ3n) is 3.65. The molecule has 4 heteroatoms. The second-order valence-corrected chi connectivity index (χ2v) is 6.47. The molecule has 0 saturated carbocycles. The maximum Gasteiger partial charge on any atom is 0.261 e. The Kier molecular flexibility index (Phi) is 3.90. The first-order valence-corrected chi connectivity index (χ1v) is 7.09. The zero-order valence-corrected chi connectivity index (χ0v) is 13.6. The molecule has 1 heterocycles. The Morgan fingerprint density at radius 2 is 1.95 bits per heavy atom. The molecule has 0 aliphatic heterocycles. The van der Waals surface area contributed by atoms with Crippen LogP contribution in [0.1, 0.15) is 42.4 Å². The van der Waals surface area contributed by atoms with Crippen LogP contribution in [0.25, 0.3) is 0 Å². The molecule has 0 radical (unpaired) electrons. The van der Waals surface area contributed by atoms with E-state index in [1.807, 2.05) is 26.1 Å². The van der Waals surface area contributed by atoms with Crippen LogP contribution < -0.4 is 4.90 Å². The van der Waals surface area contributed by atoms with E-state index in [4.69, 9.17) is 0 Å². The lowest BCUT2D eigenvalue weighted by Crippen LogP contribution is -2.27. The van der Waals surface area contributed by atoms with E-state index in [0.29, 0.717) is 5.56 Å². The van der Waals surface area contributed by atoms with Gasteiger partial charge in [0.25, 0.3) is 5.91 Å². The van der Waals surface area contributed by atoms with Crippen LogP contribution in [0.5, 0.6) is 0 Å². The molecule has 1 aromatic carbocycles. The highest BCUT2D eigenvalue weighted by Crippen LogP contribution is 2.26. The minimum absolute atomic E-state index is 0.0355. The molecule has 0 N–H and O–H groups in total. The molecule has 0 aliphatic carbocycles. The predicted molar refractivity (Wildman–Crippen MR) is 85.8 cm³/mol. The largest absolute Gasteiger partial charge is 0.311 e. The molecule has 0 saturated heterocycles. The number of anilines is 1. The van der Waals surface area contributed by atoms with Gasteiger partial charge in [0, 0.05) is 26.0 Å². The smallest absolute Gasteiger partial charge is 0.261 e. The molecule has 0 bridgehead atoms. The molecule has 0 aliphatic rings. The van der Waals surface area contributed by atoms with Crippen molar-refractivity contribution >= 4 is 11.6 Å². The van der Waals surface area contributed by atoms with Crippen molar-refractivity contribution in [3.63, 3.8) is 0 Å². The van der Waals surface area contributed by atoms with Crippen LogP contribution in [0, 0.1) is 6.92 Å². The van der Waals surface area contributed by atoms with E-state index in [1.54, 1.807) is 22.8 Å². The summed E-state index contributed by atoms with van der Waals surface area (Å²) in [6, 6.07) is 8.12. The van der Waals surface area contributed by atoms with Gasteiger partial charge in [-0.1, -0.05) is 32.9 Å². The van der Waals surface area contributed by atoms with Crippen molar-refractivity contribution in [1.29, 1.82) is 0 Å². The predicted octanol–water partition coefficient (Wildman–Crippen LogP) is 3.30. The van der Waals surface area contributed by atoms with Crippen LogP contribution in [-0.4, -0.2) is 22.7 Å². The normalized spacial score (nSPS) is 11.5. The van der Waals surface area contributed by atoms with Gasteiger partial charge in [0.2, 0.25) is 0 Å². The maximum absolute atomic E-state index is 12.6. The van der Waals surface area contributed by atoms with Crippen LogP contribution in [0.4, 0.5) is 5.69 Å². The van der Waals surface area contributed by atoms with Crippen LogP contribution in [-0.2, 0) is 12.5 Å². The fourth-order valence-electron chi connectivity index (χ4n) is 2.29. The first-order chi connectivity index (χ1) is 9.70. The topological polar surface area (TPSA) is 38.1 Å². The van der Waals surface area contributed by atoms with Gasteiger partial charge < -0.3 is 4.90 Å². The van der Waals surface area contributed by atoms with Crippen LogP contribution in [0.3, 0.4) is 0 Å². The van der Waals surface area contributed by atoms with E-state index in [-0.39, 0.29) is 11.3 Å². The molecule has 4 nitrogen and oxygen atoms in total. The zero-order chi connectivity index (χ0) is 15.8. The van der Waals surface area contributed by atoms with Crippen LogP contribution in [0.2, 0.25) is 0 Å². The molecule has 21 heavy (non-hydrogen) atoms. The third kappa shape index (κ3) is 3.15. The van der Waals surface area contributed by atoms with Crippen molar-refractivity contribution in [1.82, 2.24) is 9.78 Å². The van der Waals surface area contributed by atoms with Gasteiger partial charge >= 0.3 is 0 Å². The Morgan fingerprint density at radius 1 is 1.29 bits per heavy atom. The summed E-state index contributed by atoms with van der Waals surface area (Å²) in [5.41, 5.74) is 3.56. The van der Waals surface area contributed by atoms with E-state index in [0.717, 1.165) is 11.4 Å². The maximum atomic E-state index is 12.6. The summed E-state index contributed by atoms with van der Waals surface area (Å²) in [6.45, 7) is 8.35. The SMILES string of the molecule is Cc1nn(C)cc1C(=O)N(C)c1cccc(C(C)(C)C)c1. The first kappa shape index (κ1) is 15.3. The molecule has 0 unspecified atom stereocenters. The zero-order valence-electron chi connectivity index (χ0n) is 13.6. The minimum atomic E-state index is -0.0355. The van der Waals surface area contributed by atoms with Gasteiger partial charge in [0.15, 0.2) is 0 Å². The highest BCUT2D eigenvalue weighted by molar-refractivity contribution is 6.06. The summed E-state index contributed by atoms with van der Waals surface area (Å²) in [6.07, 6.45) is 1.77. The van der Waals surface area contributed by atoms with Crippen molar-refractivity contribution in [2.45, 2.75) is 33.1 Å². The standard InChI is InChI=1S/C17H23N3O/c1-12-15(11-19(5)18-12)16(21)20(6)14-9-7-8-13(10-14)17(2,3)4/h7-11H,1-6H3.